The fraction of sp³-hybridized carbons (Fsp3) is 0.156. The molecule has 1 unspecified atom stereocenters. The molecule has 4 aromatic rings. The Morgan fingerprint density at radius 1 is 0.881 bits per heavy atom. The molecular formula is C32H23Cl3N2O5. The van der Waals surface area contributed by atoms with Gasteiger partial charge in [-0.1, -0.05) is 53.0 Å². The van der Waals surface area contributed by atoms with Crippen LogP contribution in [-0.2, 0) is 19.7 Å². The fourth-order valence-corrected chi connectivity index (χ4v) is 6.56. The summed E-state index contributed by atoms with van der Waals surface area (Å²) in [6.07, 6.45) is 0.0398. The number of piperidine rings is 1. The molecule has 3 atom stereocenters. The SMILES string of the molecule is COC(=O)c1ccc(Oc2ccc(Cl)cc2[C@H]2NC(=O)C[C@@H](c3cccc(Cl)c3)C23C(=O)Nc2cc(Cl)ccc23)cc1. The van der Waals surface area contributed by atoms with Crippen molar-refractivity contribution < 1.29 is 23.9 Å². The number of anilines is 1. The van der Waals surface area contributed by atoms with Crippen molar-refractivity contribution in [3.63, 3.8) is 0 Å². The fourth-order valence-electron chi connectivity index (χ4n) is 6.01. The minimum atomic E-state index is -1.31. The highest BCUT2D eigenvalue weighted by Gasteiger charge is 2.61. The van der Waals surface area contributed by atoms with Gasteiger partial charge in [-0.3, -0.25) is 9.59 Å². The standard InChI is InChI=1S/C32H23Cl3N2O5/c1-41-30(39)17-5-9-22(10-6-17)42-27-12-8-20(34)14-23(27)29-32(24-11-7-21(35)15-26(24)36-31(32)40)25(16-28(38)37-29)18-3-2-4-19(33)13-18/h2-15,25,29H,16H2,1H3,(H,36,40)(H,37,38)/t25-,29+,32?/m0/s1. The van der Waals surface area contributed by atoms with Crippen molar-refractivity contribution in [2.24, 2.45) is 0 Å². The smallest absolute Gasteiger partial charge is 0.337 e. The third-order valence-electron chi connectivity index (χ3n) is 7.79. The zero-order chi connectivity index (χ0) is 29.6. The van der Waals surface area contributed by atoms with Crippen molar-refractivity contribution in [3.05, 3.63) is 122 Å². The Kier molecular flexibility index (Phi) is 7.35. The van der Waals surface area contributed by atoms with Gasteiger partial charge in [-0.2, -0.15) is 0 Å². The van der Waals surface area contributed by atoms with Crippen molar-refractivity contribution in [2.75, 3.05) is 12.4 Å². The second kappa shape index (κ2) is 11.0. The number of ether oxygens (including phenoxy) is 2. The van der Waals surface area contributed by atoms with Crippen LogP contribution < -0.4 is 15.4 Å². The second-order valence-electron chi connectivity index (χ2n) is 10.1. The zero-order valence-corrected chi connectivity index (χ0v) is 24.4. The molecule has 2 N–H and O–H groups in total. The minimum Gasteiger partial charge on any atom is -0.465 e. The Morgan fingerprint density at radius 3 is 2.33 bits per heavy atom. The molecule has 6 rings (SSSR count). The molecular weight excluding hydrogens is 599 g/mol. The molecule has 0 radical (unpaired) electrons. The summed E-state index contributed by atoms with van der Waals surface area (Å²) in [4.78, 5) is 39.6. The highest BCUT2D eigenvalue weighted by atomic mass is 35.5. The largest absolute Gasteiger partial charge is 0.465 e. The molecule has 7 nitrogen and oxygen atoms in total. The number of fused-ring (bicyclic) bond motifs is 2. The van der Waals surface area contributed by atoms with E-state index in [2.05, 4.69) is 10.6 Å². The maximum absolute atomic E-state index is 14.3. The topological polar surface area (TPSA) is 93.7 Å². The molecule has 4 aromatic carbocycles. The van der Waals surface area contributed by atoms with Crippen LogP contribution in [0.4, 0.5) is 5.69 Å². The molecule has 1 fully saturated rings. The van der Waals surface area contributed by atoms with Gasteiger partial charge in [0.25, 0.3) is 0 Å². The van der Waals surface area contributed by atoms with E-state index in [0.29, 0.717) is 48.9 Å². The van der Waals surface area contributed by atoms with Gasteiger partial charge in [-0.25, -0.2) is 4.79 Å². The normalized spacial score (nSPS) is 21.0. The lowest BCUT2D eigenvalue weighted by Gasteiger charge is -2.46. The monoisotopic (exact) mass is 620 g/mol. The van der Waals surface area contributed by atoms with E-state index in [0.717, 1.165) is 5.56 Å². The Bertz CT molecular complexity index is 1740. The molecule has 10 heteroatoms. The Labute approximate surface area is 256 Å². The van der Waals surface area contributed by atoms with Crippen LogP contribution in [0.3, 0.4) is 0 Å². The number of esters is 1. The molecule has 2 amide bonds. The van der Waals surface area contributed by atoms with E-state index in [1.165, 1.54) is 7.11 Å². The van der Waals surface area contributed by atoms with E-state index in [1.54, 1.807) is 72.8 Å². The second-order valence-corrected chi connectivity index (χ2v) is 11.4. The number of nitrogens with one attached hydrogen (secondary N) is 2. The van der Waals surface area contributed by atoms with E-state index >= 15 is 0 Å². The average Bonchev–Trinajstić information content (AvgIpc) is 3.25. The molecule has 2 aliphatic rings. The highest BCUT2D eigenvalue weighted by molar-refractivity contribution is 6.31. The molecule has 42 heavy (non-hydrogen) atoms. The maximum Gasteiger partial charge on any atom is 0.337 e. The first kappa shape index (κ1) is 28.1. The molecule has 0 aliphatic carbocycles. The van der Waals surface area contributed by atoms with Gasteiger partial charge < -0.3 is 20.1 Å². The van der Waals surface area contributed by atoms with Gasteiger partial charge in [0, 0.05) is 38.7 Å². The number of carbonyl (C=O) groups is 3. The van der Waals surface area contributed by atoms with Crippen LogP contribution in [0.5, 0.6) is 11.5 Å². The third-order valence-corrected chi connectivity index (χ3v) is 8.49. The molecule has 1 saturated heterocycles. The number of carbonyl (C=O) groups excluding carboxylic acids is 3. The van der Waals surface area contributed by atoms with Crippen LogP contribution in [0, 0.1) is 0 Å². The lowest BCUT2D eigenvalue weighted by molar-refractivity contribution is -0.131. The molecule has 0 bridgehead atoms. The van der Waals surface area contributed by atoms with Gasteiger partial charge in [0.1, 0.15) is 16.9 Å². The van der Waals surface area contributed by atoms with E-state index in [9.17, 15) is 14.4 Å². The van der Waals surface area contributed by atoms with E-state index in [-0.39, 0.29) is 18.2 Å². The molecule has 212 valence electrons. The number of benzene rings is 4. The highest BCUT2D eigenvalue weighted by Crippen LogP contribution is 2.58. The number of halogens is 3. The number of hydrogen-bond acceptors (Lipinski definition) is 5. The summed E-state index contributed by atoms with van der Waals surface area (Å²) in [5.41, 5.74) is 1.53. The first-order valence-electron chi connectivity index (χ1n) is 13.0. The first-order valence-corrected chi connectivity index (χ1v) is 14.2. The summed E-state index contributed by atoms with van der Waals surface area (Å²) in [5, 5.41) is 7.43. The first-order chi connectivity index (χ1) is 20.2. The molecule has 0 saturated carbocycles. The number of hydrogen-bond donors (Lipinski definition) is 2. The van der Waals surface area contributed by atoms with Crippen molar-refractivity contribution in [1.82, 2.24) is 5.32 Å². The average molecular weight is 622 g/mol. The summed E-state index contributed by atoms with van der Waals surface area (Å²) in [5.74, 6) is -0.821. The van der Waals surface area contributed by atoms with Crippen molar-refractivity contribution in [2.45, 2.75) is 23.8 Å². The van der Waals surface area contributed by atoms with Gasteiger partial charge in [-0.05, 0) is 77.9 Å². The van der Waals surface area contributed by atoms with Gasteiger partial charge in [0.15, 0.2) is 0 Å². The summed E-state index contributed by atoms with van der Waals surface area (Å²) in [6.45, 7) is 0. The summed E-state index contributed by atoms with van der Waals surface area (Å²) < 4.78 is 11.1. The van der Waals surface area contributed by atoms with E-state index < -0.39 is 23.3 Å². The minimum absolute atomic E-state index is 0.0398. The van der Waals surface area contributed by atoms with Crippen molar-refractivity contribution in [3.8, 4) is 11.5 Å². The summed E-state index contributed by atoms with van der Waals surface area (Å²) in [6, 6.07) is 23.0. The van der Waals surface area contributed by atoms with Crippen LogP contribution in [-0.4, -0.2) is 24.9 Å². The van der Waals surface area contributed by atoms with Gasteiger partial charge >= 0.3 is 5.97 Å². The van der Waals surface area contributed by atoms with Crippen LogP contribution in [0.15, 0.2) is 84.9 Å². The van der Waals surface area contributed by atoms with Crippen molar-refractivity contribution >= 4 is 58.3 Å². The predicted molar refractivity (Wildman–Crippen MR) is 161 cm³/mol. The van der Waals surface area contributed by atoms with Gasteiger partial charge in [0.2, 0.25) is 11.8 Å². The molecule has 1 spiro atoms. The zero-order valence-electron chi connectivity index (χ0n) is 22.1. The Hall–Kier alpha value is -4.04. The predicted octanol–water partition coefficient (Wildman–Crippen LogP) is 7.46. The lowest BCUT2D eigenvalue weighted by Crippen LogP contribution is -2.56. The lowest BCUT2D eigenvalue weighted by atomic mass is 9.59. The molecule has 2 heterocycles. The van der Waals surface area contributed by atoms with Crippen LogP contribution in [0.1, 0.15) is 45.4 Å². The Balaban J connectivity index is 1.54. The van der Waals surface area contributed by atoms with Gasteiger partial charge in [0.05, 0.1) is 18.7 Å². The van der Waals surface area contributed by atoms with Crippen LogP contribution >= 0.6 is 34.8 Å². The summed E-state index contributed by atoms with van der Waals surface area (Å²) >= 11 is 19.2. The molecule has 0 aromatic heterocycles. The quantitative estimate of drug-likeness (QED) is 0.226. The number of rotatable bonds is 5. The summed E-state index contributed by atoms with van der Waals surface area (Å²) in [7, 11) is 1.31. The van der Waals surface area contributed by atoms with Crippen molar-refractivity contribution in [1.29, 1.82) is 0 Å². The van der Waals surface area contributed by atoms with Crippen LogP contribution in [0.25, 0.3) is 0 Å². The Morgan fingerprint density at radius 2 is 1.60 bits per heavy atom. The van der Waals surface area contributed by atoms with E-state index in [4.69, 9.17) is 44.3 Å². The number of methoxy groups -OCH3 is 1. The van der Waals surface area contributed by atoms with E-state index in [1.807, 2.05) is 12.1 Å². The third kappa shape index (κ3) is 4.77. The van der Waals surface area contributed by atoms with Gasteiger partial charge in [-0.15, -0.1) is 0 Å². The maximum atomic E-state index is 14.3. The number of amides is 2. The molecule has 2 aliphatic heterocycles. The van der Waals surface area contributed by atoms with Crippen LogP contribution in [0.2, 0.25) is 15.1 Å².